The van der Waals surface area contributed by atoms with Gasteiger partial charge in [-0.25, -0.2) is 4.79 Å². The number of hydrogen-bond donors (Lipinski definition) is 0. The maximum absolute atomic E-state index is 12.0. The molecule has 0 saturated carbocycles. The molecule has 28 heavy (non-hydrogen) atoms. The number of carbonyl (C=O) groups excluding carboxylic acids is 1. The van der Waals surface area contributed by atoms with Gasteiger partial charge in [0.15, 0.2) is 6.29 Å². The molecule has 1 aliphatic heterocycles. The fraction of sp³-hybridized carbons (Fsp3) is 0.682. The molecule has 0 bridgehead atoms. The standard InChI is InChI=1S/C22H35NO5/c1-22(2,3)28-21(24)23(4)14-9-11-18-10-5-6-12-19(18)25-16-17-27-20-13-7-8-15-26-20/h5-6,10,12,20H,7-9,11,13-17H2,1-4H3. The topological polar surface area (TPSA) is 57.2 Å². The number of amides is 1. The van der Waals surface area contributed by atoms with E-state index in [4.69, 9.17) is 18.9 Å². The Hall–Kier alpha value is -1.79. The molecule has 0 radical (unpaired) electrons. The van der Waals surface area contributed by atoms with Gasteiger partial charge in [-0.1, -0.05) is 18.2 Å². The molecule has 2 rings (SSSR count). The first kappa shape index (κ1) is 22.5. The Morgan fingerprint density at radius 3 is 2.71 bits per heavy atom. The van der Waals surface area contributed by atoms with Gasteiger partial charge in [0.1, 0.15) is 18.0 Å². The SMILES string of the molecule is CN(CCCc1ccccc1OCCOC1CCCCO1)C(=O)OC(C)(C)C. The predicted octanol–water partition coefficient (Wildman–Crippen LogP) is 4.41. The van der Waals surface area contributed by atoms with Gasteiger partial charge in [-0.3, -0.25) is 0 Å². The van der Waals surface area contributed by atoms with Crippen molar-refractivity contribution in [2.75, 3.05) is 33.4 Å². The second kappa shape index (κ2) is 11.3. The first-order valence-corrected chi connectivity index (χ1v) is 10.2. The first-order valence-electron chi connectivity index (χ1n) is 10.2. The summed E-state index contributed by atoms with van der Waals surface area (Å²) in [4.78, 5) is 13.6. The summed E-state index contributed by atoms with van der Waals surface area (Å²) in [6, 6.07) is 8.01. The number of ether oxygens (including phenoxy) is 4. The van der Waals surface area contributed by atoms with Gasteiger partial charge in [0.2, 0.25) is 0 Å². The second-order valence-electron chi connectivity index (χ2n) is 8.13. The van der Waals surface area contributed by atoms with Gasteiger partial charge in [0.25, 0.3) is 0 Å². The first-order chi connectivity index (χ1) is 13.3. The van der Waals surface area contributed by atoms with Crippen LogP contribution in [0.2, 0.25) is 0 Å². The van der Waals surface area contributed by atoms with E-state index >= 15 is 0 Å². The molecule has 6 nitrogen and oxygen atoms in total. The summed E-state index contributed by atoms with van der Waals surface area (Å²) in [5, 5.41) is 0. The van der Waals surface area contributed by atoms with Crippen LogP contribution >= 0.6 is 0 Å². The van der Waals surface area contributed by atoms with Crippen molar-refractivity contribution < 1.29 is 23.7 Å². The van der Waals surface area contributed by atoms with Crippen LogP contribution in [0.15, 0.2) is 24.3 Å². The van der Waals surface area contributed by atoms with Gasteiger partial charge < -0.3 is 23.8 Å². The molecule has 1 heterocycles. The number of nitrogens with zero attached hydrogens (tertiary/aromatic N) is 1. The van der Waals surface area contributed by atoms with Crippen molar-refractivity contribution >= 4 is 6.09 Å². The van der Waals surface area contributed by atoms with Gasteiger partial charge in [0.05, 0.1) is 6.61 Å². The van der Waals surface area contributed by atoms with Crippen LogP contribution in [0.25, 0.3) is 0 Å². The summed E-state index contributed by atoms with van der Waals surface area (Å²) in [5.74, 6) is 0.871. The maximum Gasteiger partial charge on any atom is 0.410 e. The summed E-state index contributed by atoms with van der Waals surface area (Å²) in [7, 11) is 1.77. The van der Waals surface area contributed by atoms with Crippen LogP contribution in [-0.4, -0.2) is 56.3 Å². The highest BCUT2D eigenvalue weighted by atomic mass is 16.7. The van der Waals surface area contributed by atoms with Gasteiger partial charge >= 0.3 is 6.09 Å². The molecule has 0 spiro atoms. The molecule has 158 valence electrons. The van der Waals surface area contributed by atoms with Crippen LogP contribution < -0.4 is 4.74 Å². The maximum atomic E-state index is 12.0. The van der Waals surface area contributed by atoms with E-state index in [1.807, 2.05) is 39.0 Å². The van der Waals surface area contributed by atoms with Crippen LogP contribution in [0, 0.1) is 0 Å². The predicted molar refractivity (Wildman–Crippen MR) is 109 cm³/mol. The van der Waals surface area contributed by atoms with Crippen LogP contribution in [0.5, 0.6) is 5.75 Å². The minimum Gasteiger partial charge on any atom is -0.491 e. The van der Waals surface area contributed by atoms with Crippen LogP contribution in [-0.2, 0) is 20.6 Å². The third-order valence-corrected chi connectivity index (χ3v) is 4.40. The van der Waals surface area contributed by atoms with Crippen LogP contribution in [0.3, 0.4) is 0 Å². The molecule has 0 N–H and O–H groups in total. The molecule has 1 amide bonds. The zero-order valence-electron chi connectivity index (χ0n) is 17.7. The summed E-state index contributed by atoms with van der Waals surface area (Å²) >= 11 is 0. The second-order valence-corrected chi connectivity index (χ2v) is 8.13. The molecular weight excluding hydrogens is 358 g/mol. The normalized spacial score (nSPS) is 17.2. The zero-order valence-corrected chi connectivity index (χ0v) is 17.7. The van der Waals surface area contributed by atoms with Crippen molar-refractivity contribution in [2.45, 2.75) is 64.8 Å². The monoisotopic (exact) mass is 393 g/mol. The van der Waals surface area contributed by atoms with E-state index in [1.54, 1.807) is 11.9 Å². The van der Waals surface area contributed by atoms with E-state index in [-0.39, 0.29) is 12.4 Å². The van der Waals surface area contributed by atoms with E-state index in [0.29, 0.717) is 19.8 Å². The molecule has 6 heteroatoms. The van der Waals surface area contributed by atoms with E-state index in [0.717, 1.165) is 50.0 Å². The smallest absolute Gasteiger partial charge is 0.410 e. The Bertz CT molecular complexity index is 593. The van der Waals surface area contributed by atoms with E-state index < -0.39 is 5.60 Å². The Balaban J connectivity index is 1.71. The van der Waals surface area contributed by atoms with Crippen molar-refractivity contribution in [3.8, 4) is 5.75 Å². The lowest BCUT2D eigenvalue weighted by molar-refractivity contribution is -0.165. The third-order valence-electron chi connectivity index (χ3n) is 4.40. The number of aryl methyl sites for hydroxylation is 1. The molecule has 1 unspecified atom stereocenters. The van der Waals surface area contributed by atoms with Crippen molar-refractivity contribution in [1.29, 1.82) is 0 Å². The molecule has 1 atom stereocenters. The van der Waals surface area contributed by atoms with E-state index in [2.05, 4.69) is 6.07 Å². The summed E-state index contributed by atoms with van der Waals surface area (Å²) in [6.07, 6.45) is 4.52. The van der Waals surface area contributed by atoms with Gasteiger partial charge in [-0.05, 0) is 64.5 Å². The lowest BCUT2D eigenvalue weighted by atomic mass is 10.1. The highest BCUT2D eigenvalue weighted by molar-refractivity contribution is 5.67. The van der Waals surface area contributed by atoms with Crippen molar-refractivity contribution in [3.05, 3.63) is 29.8 Å². The zero-order chi connectivity index (χ0) is 20.4. The quantitative estimate of drug-likeness (QED) is 0.582. The third kappa shape index (κ3) is 8.48. The Morgan fingerprint density at radius 1 is 1.21 bits per heavy atom. The molecule has 0 aromatic heterocycles. The Labute approximate surface area is 169 Å². The fourth-order valence-electron chi connectivity index (χ4n) is 2.96. The summed E-state index contributed by atoms with van der Waals surface area (Å²) in [5.41, 5.74) is 0.658. The average molecular weight is 394 g/mol. The van der Waals surface area contributed by atoms with Crippen LogP contribution in [0.4, 0.5) is 4.79 Å². The number of hydrogen-bond acceptors (Lipinski definition) is 5. The Kier molecular flexibility index (Phi) is 9.06. The average Bonchev–Trinajstić information content (AvgIpc) is 2.65. The fourth-order valence-corrected chi connectivity index (χ4v) is 2.96. The minimum atomic E-state index is -0.476. The molecule has 0 aliphatic carbocycles. The van der Waals surface area contributed by atoms with Gasteiger partial charge in [-0.15, -0.1) is 0 Å². The number of rotatable bonds is 9. The number of carbonyl (C=O) groups is 1. The van der Waals surface area contributed by atoms with Gasteiger partial charge in [0, 0.05) is 20.2 Å². The molecule has 1 saturated heterocycles. The van der Waals surface area contributed by atoms with Gasteiger partial charge in [-0.2, -0.15) is 0 Å². The Morgan fingerprint density at radius 2 is 2.00 bits per heavy atom. The summed E-state index contributed by atoms with van der Waals surface area (Å²) < 4.78 is 22.6. The van der Waals surface area contributed by atoms with Crippen molar-refractivity contribution in [2.24, 2.45) is 0 Å². The highest BCUT2D eigenvalue weighted by Gasteiger charge is 2.19. The molecule has 1 aromatic carbocycles. The van der Waals surface area contributed by atoms with Crippen LogP contribution in [0.1, 0.15) is 52.0 Å². The highest BCUT2D eigenvalue weighted by Crippen LogP contribution is 2.20. The minimum absolute atomic E-state index is 0.0871. The molecule has 1 fully saturated rings. The molecule has 1 aromatic rings. The molecular formula is C22H35NO5. The number of benzene rings is 1. The summed E-state index contributed by atoms with van der Waals surface area (Å²) in [6.45, 7) is 8.04. The van der Waals surface area contributed by atoms with E-state index in [1.165, 1.54) is 0 Å². The number of para-hydroxylation sites is 1. The largest absolute Gasteiger partial charge is 0.491 e. The lowest BCUT2D eigenvalue weighted by Gasteiger charge is -2.24. The van der Waals surface area contributed by atoms with Crippen molar-refractivity contribution in [1.82, 2.24) is 4.90 Å². The van der Waals surface area contributed by atoms with E-state index in [9.17, 15) is 4.79 Å². The van der Waals surface area contributed by atoms with Crippen molar-refractivity contribution in [3.63, 3.8) is 0 Å². The lowest BCUT2D eigenvalue weighted by Crippen LogP contribution is -2.34. The molecule has 1 aliphatic rings.